The summed E-state index contributed by atoms with van der Waals surface area (Å²) in [6, 6.07) is 18.4. The van der Waals surface area contributed by atoms with Crippen LogP contribution in [0, 0.1) is 5.92 Å². The van der Waals surface area contributed by atoms with Crippen molar-refractivity contribution in [2.24, 2.45) is 5.92 Å². The maximum atomic E-state index is 14.1. The summed E-state index contributed by atoms with van der Waals surface area (Å²) in [4.78, 5) is 71.4. The minimum Gasteiger partial charge on any atom is -0.397 e. The lowest BCUT2D eigenvalue weighted by molar-refractivity contribution is -0.145. The number of fused-ring (bicyclic) bond motifs is 1. The molecule has 5 atom stereocenters. The van der Waals surface area contributed by atoms with Gasteiger partial charge in [0, 0.05) is 13.0 Å². The summed E-state index contributed by atoms with van der Waals surface area (Å²) in [6.07, 6.45) is 10.1. The van der Waals surface area contributed by atoms with Crippen molar-refractivity contribution in [3.63, 3.8) is 0 Å². The van der Waals surface area contributed by atoms with E-state index < -0.39 is 44.0 Å². The third-order valence-corrected chi connectivity index (χ3v) is 17.9. The number of benzene rings is 2. The van der Waals surface area contributed by atoms with Gasteiger partial charge in [0.1, 0.15) is 29.8 Å². The van der Waals surface area contributed by atoms with Crippen molar-refractivity contribution in [1.82, 2.24) is 20.9 Å². The van der Waals surface area contributed by atoms with Crippen LogP contribution in [0.3, 0.4) is 0 Å². The Morgan fingerprint density at radius 2 is 1.46 bits per heavy atom. The van der Waals surface area contributed by atoms with E-state index in [1.54, 1.807) is 11.8 Å². The molecule has 0 radical (unpaired) electrons. The molecule has 11 heteroatoms. The second kappa shape index (κ2) is 19.7. The quantitative estimate of drug-likeness (QED) is 0.148. The smallest absolute Gasteiger partial charge is 0.262 e. The van der Waals surface area contributed by atoms with Crippen LogP contribution in [0.5, 0.6) is 0 Å². The first-order valence-electron chi connectivity index (χ1n) is 21.8. The molecule has 10 nitrogen and oxygen atoms in total. The van der Waals surface area contributed by atoms with Crippen molar-refractivity contribution >= 4 is 48.1 Å². The number of nitrogens with one attached hydrogen (secondary N) is 3. The van der Waals surface area contributed by atoms with Gasteiger partial charge in [0.05, 0.1) is 0 Å². The predicted octanol–water partition coefficient (Wildman–Crippen LogP) is 6.09. The molecule has 2 saturated heterocycles. The molecule has 4 amide bonds. The predicted molar refractivity (Wildman–Crippen MR) is 228 cm³/mol. The van der Waals surface area contributed by atoms with Crippen molar-refractivity contribution in [2.75, 3.05) is 6.54 Å². The van der Waals surface area contributed by atoms with Crippen LogP contribution < -0.4 is 26.3 Å². The van der Waals surface area contributed by atoms with Gasteiger partial charge >= 0.3 is 0 Å². The third-order valence-electron chi connectivity index (χ3n) is 12.9. The highest BCUT2D eigenvalue weighted by Gasteiger charge is 2.52. The van der Waals surface area contributed by atoms with Gasteiger partial charge in [-0.15, -0.1) is 0 Å². The maximum absolute atomic E-state index is 14.1. The summed E-state index contributed by atoms with van der Waals surface area (Å²) in [5.74, 6) is -0.922. The first-order chi connectivity index (χ1) is 27.2. The minimum atomic E-state index is -2.92. The molecule has 0 bridgehead atoms. The molecule has 3 N–H and O–H groups in total. The van der Waals surface area contributed by atoms with Gasteiger partial charge in [-0.1, -0.05) is 140 Å². The van der Waals surface area contributed by atoms with Crippen molar-refractivity contribution in [3.8, 4) is 0 Å². The number of carbonyl (C=O) groups is 5. The van der Waals surface area contributed by atoms with E-state index >= 15 is 0 Å². The molecule has 2 aromatic carbocycles. The van der Waals surface area contributed by atoms with Crippen LogP contribution in [0.15, 0.2) is 60.7 Å². The Hall–Kier alpha value is -3.83. The number of rotatable bonds is 15. The second-order valence-electron chi connectivity index (χ2n) is 17.9. The monoisotopic (exact) mass is 800 g/mol. The number of hydrogen-bond donors (Lipinski definition) is 3. The lowest BCUT2D eigenvalue weighted by Gasteiger charge is -2.44. The summed E-state index contributed by atoms with van der Waals surface area (Å²) in [6.45, 7) is 12.6. The molecule has 2 heterocycles. The fourth-order valence-electron chi connectivity index (χ4n) is 9.27. The lowest BCUT2D eigenvalue weighted by atomic mass is 9.84. The molecule has 1 aliphatic carbocycles. The third kappa shape index (κ3) is 10.4. The molecule has 57 heavy (non-hydrogen) atoms. The molecular formula is C46H68N4O6Si. The fraction of sp³-hybridized carbons (Fsp3) is 0.630. The minimum absolute atomic E-state index is 0.0695. The van der Waals surface area contributed by atoms with Crippen molar-refractivity contribution < 1.29 is 28.4 Å². The molecule has 312 valence electrons. The molecule has 0 spiro atoms. The van der Waals surface area contributed by atoms with Crippen molar-refractivity contribution in [1.29, 1.82) is 0 Å². The van der Waals surface area contributed by atoms with Gasteiger partial charge in [-0.25, -0.2) is 0 Å². The van der Waals surface area contributed by atoms with E-state index in [1.165, 1.54) is 6.42 Å². The summed E-state index contributed by atoms with van der Waals surface area (Å²) in [5.41, 5.74) is -1.26. The van der Waals surface area contributed by atoms with E-state index in [1.807, 2.05) is 50.2 Å². The Morgan fingerprint density at radius 1 is 0.825 bits per heavy atom. The molecule has 0 unspecified atom stereocenters. The Bertz CT molecular complexity index is 1640. The second-order valence-corrected chi connectivity index (χ2v) is 22.2. The highest BCUT2D eigenvalue weighted by molar-refractivity contribution is 6.99. The fourth-order valence-corrected chi connectivity index (χ4v) is 14.0. The molecule has 3 aliphatic rings. The first-order valence-corrected chi connectivity index (χ1v) is 23.7. The molecule has 2 aliphatic heterocycles. The Balaban J connectivity index is 1.25. The van der Waals surface area contributed by atoms with Crippen LogP contribution in [0.2, 0.25) is 5.04 Å². The van der Waals surface area contributed by atoms with Gasteiger partial charge in [-0.05, 0) is 73.2 Å². The first kappa shape index (κ1) is 44.3. The van der Waals surface area contributed by atoms with E-state index in [4.69, 9.17) is 4.43 Å². The maximum Gasteiger partial charge on any atom is 0.262 e. The van der Waals surface area contributed by atoms with Gasteiger partial charge in [-0.3, -0.25) is 24.0 Å². The normalized spacial score (nSPS) is 24.7. The highest BCUT2D eigenvalue weighted by Crippen LogP contribution is 2.38. The molecule has 2 aromatic rings. The van der Waals surface area contributed by atoms with Gasteiger partial charge < -0.3 is 25.3 Å². The summed E-state index contributed by atoms with van der Waals surface area (Å²) in [7, 11) is -2.92. The largest absolute Gasteiger partial charge is 0.397 e. The van der Waals surface area contributed by atoms with Crippen molar-refractivity contribution in [2.45, 2.75) is 173 Å². The molecule has 0 aromatic heterocycles. The Labute approximate surface area is 342 Å². The van der Waals surface area contributed by atoms with Crippen LogP contribution >= 0.6 is 0 Å². The van der Waals surface area contributed by atoms with Gasteiger partial charge in [0.15, 0.2) is 5.78 Å². The van der Waals surface area contributed by atoms with Gasteiger partial charge in [0.25, 0.3) is 8.32 Å². The topological polar surface area (TPSA) is 134 Å². The average Bonchev–Trinajstić information content (AvgIpc) is 3.71. The zero-order valence-electron chi connectivity index (χ0n) is 35.4. The lowest BCUT2D eigenvalue weighted by Crippen LogP contribution is -2.68. The highest BCUT2D eigenvalue weighted by atomic mass is 28.4. The SMILES string of the molecule is CC[C@H](O[Si](c1ccccc1)(c1ccccc1)C(C)(C)C)C(=O)CCCCC[C@@H]1NC(=O)[C@H]2CCCN2C(=O)[C@H](CC2CCCCC2)NC(=O)[C@](C)(CC)NC1=O. The van der Waals surface area contributed by atoms with Crippen LogP contribution in [-0.2, 0) is 28.4 Å². The zero-order valence-corrected chi connectivity index (χ0v) is 36.4. The van der Waals surface area contributed by atoms with E-state index in [0.29, 0.717) is 76.7 Å². The molecular weight excluding hydrogens is 733 g/mol. The standard InChI is InChI=1S/C46H68N4O6Si/c1-7-40(56-57(45(3,4)5,34-24-15-10-16-25-34)35-26-17-11-18-27-35)39(51)30-20-12-19-28-36-41(52)49-46(6,8-2)44(55)48-37(32-33-22-13-9-14-23-33)43(54)50-31-21-29-38(50)42(53)47-36/h10-11,15-18,24-27,33,36-38,40H,7-9,12-14,19-23,28-32H2,1-6H3,(H,47,53)(H,48,55)(H,49,52)/t36-,37-,38+,40-,46-/m0/s1. The average molecular weight is 801 g/mol. The number of carbonyl (C=O) groups excluding carboxylic acids is 5. The summed E-state index contributed by atoms with van der Waals surface area (Å²) < 4.78 is 7.18. The summed E-state index contributed by atoms with van der Waals surface area (Å²) >= 11 is 0. The Morgan fingerprint density at radius 3 is 2.04 bits per heavy atom. The zero-order chi connectivity index (χ0) is 41.2. The van der Waals surface area contributed by atoms with Crippen molar-refractivity contribution in [3.05, 3.63) is 60.7 Å². The number of Topliss-reactive ketones (excluding diaryl/α,β-unsaturated/α-hetero) is 1. The van der Waals surface area contributed by atoms with Crippen LogP contribution in [0.25, 0.3) is 0 Å². The van der Waals surface area contributed by atoms with Crippen LogP contribution in [-0.4, -0.2) is 78.9 Å². The van der Waals surface area contributed by atoms with E-state index in [-0.39, 0.29) is 28.5 Å². The van der Waals surface area contributed by atoms with Crippen LogP contribution in [0.1, 0.15) is 138 Å². The van der Waals surface area contributed by atoms with E-state index in [9.17, 15) is 24.0 Å². The number of hydrogen-bond acceptors (Lipinski definition) is 6. The molecule has 1 saturated carbocycles. The molecule has 3 fully saturated rings. The Kier molecular flexibility index (Phi) is 15.3. The number of unbranched alkanes of at least 4 members (excludes halogenated alkanes) is 2. The molecule has 5 rings (SSSR count). The van der Waals surface area contributed by atoms with Gasteiger partial charge in [0.2, 0.25) is 23.6 Å². The van der Waals surface area contributed by atoms with E-state index in [0.717, 1.165) is 36.1 Å². The van der Waals surface area contributed by atoms with E-state index in [2.05, 4.69) is 61.0 Å². The van der Waals surface area contributed by atoms with Gasteiger partial charge in [-0.2, -0.15) is 0 Å². The number of ketones is 1. The summed E-state index contributed by atoms with van der Waals surface area (Å²) in [5, 5.41) is 11.0. The van der Waals surface area contributed by atoms with Crippen LogP contribution in [0.4, 0.5) is 0 Å². The number of amides is 4. The number of nitrogens with zero attached hydrogens (tertiary/aromatic N) is 1.